The Hall–Kier alpha value is -2.98. The molecule has 0 saturated heterocycles. The minimum Gasteiger partial charge on any atom is -0.352 e. The number of aryl methyl sites for hydroxylation is 1. The molecule has 2 aliphatic carbocycles. The zero-order valence-electron chi connectivity index (χ0n) is 20.1. The maximum Gasteiger partial charge on any atom is 0.147 e. The van der Waals surface area contributed by atoms with E-state index in [1.54, 1.807) is 17.7 Å². The first-order valence-corrected chi connectivity index (χ1v) is 11.5. The molecule has 4 heteroatoms. The highest BCUT2D eigenvalue weighted by Crippen LogP contribution is 2.27. The molecule has 2 aromatic carbocycles. The average molecular weight is 451 g/mol. The summed E-state index contributed by atoms with van der Waals surface area (Å²) in [5.74, 6) is -0.546. The minimum atomic E-state index is -0.281. The third-order valence-electron chi connectivity index (χ3n) is 5.69. The molecule has 1 saturated carbocycles. The smallest absolute Gasteiger partial charge is 0.147 e. The van der Waals surface area contributed by atoms with E-state index in [2.05, 4.69) is 44.1 Å². The van der Waals surface area contributed by atoms with Crippen LogP contribution in [0.3, 0.4) is 0 Å². The Bertz CT molecular complexity index is 1090. The third-order valence-corrected chi connectivity index (χ3v) is 5.69. The largest absolute Gasteiger partial charge is 0.352 e. The van der Waals surface area contributed by atoms with Crippen molar-refractivity contribution in [2.75, 3.05) is 0 Å². The van der Waals surface area contributed by atoms with Gasteiger partial charge in [0.25, 0.3) is 0 Å². The van der Waals surface area contributed by atoms with E-state index in [4.69, 9.17) is 5.73 Å². The van der Waals surface area contributed by atoms with E-state index in [9.17, 15) is 8.78 Å². The maximum absolute atomic E-state index is 13.7. The third kappa shape index (κ3) is 7.83. The fourth-order valence-corrected chi connectivity index (χ4v) is 3.54. The fraction of sp³-hybridized carbons (Fsp3) is 0.310. The predicted octanol–water partition coefficient (Wildman–Crippen LogP) is 8.39. The molecule has 2 aliphatic rings. The van der Waals surface area contributed by atoms with Crippen LogP contribution in [-0.2, 0) is 0 Å². The Balaban J connectivity index is 0.000000211. The van der Waals surface area contributed by atoms with Crippen LogP contribution in [-0.4, -0.2) is 11.0 Å². The summed E-state index contributed by atoms with van der Waals surface area (Å²) in [6.07, 6.45) is 10.8. The Morgan fingerprint density at radius 3 is 2.09 bits per heavy atom. The Kier molecular flexibility index (Phi) is 10.3. The molecule has 0 atom stereocenters. The molecule has 3 aromatic rings. The highest BCUT2D eigenvalue weighted by Gasteiger charge is 2.10. The summed E-state index contributed by atoms with van der Waals surface area (Å²) in [4.78, 5) is 3.03. The summed E-state index contributed by atoms with van der Waals surface area (Å²) in [5, 5.41) is 0.826. The number of aromatic amines is 1. The van der Waals surface area contributed by atoms with Crippen molar-refractivity contribution in [3.63, 3.8) is 0 Å². The zero-order valence-corrected chi connectivity index (χ0v) is 20.1. The first kappa shape index (κ1) is 26.3. The van der Waals surface area contributed by atoms with Gasteiger partial charge < -0.3 is 10.7 Å². The van der Waals surface area contributed by atoms with Crippen molar-refractivity contribution in [3.8, 4) is 11.3 Å². The van der Waals surface area contributed by atoms with E-state index >= 15 is 0 Å². The second kappa shape index (κ2) is 12.9. The lowest BCUT2D eigenvalue weighted by atomic mass is 9.95. The number of nitrogens with two attached hydrogens (primary N) is 1. The molecular weight excluding hydrogens is 414 g/mol. The molecule has 176 valence electrons. The van der Waals surface area contributed by atoms with E-state index in [-0.39, 0.29) is 11.6 Å². The number of rotatable bonds is 2. The molecule has 1 heterocycles. The molecule has 33 heavy (non-hydrogen) atoms. The highest BCUT2D eigenvalue weighted by molar-refractivity contribution is 5.86. The lowest BCUT2D eigenvalue weighted by Crippen LogP contribution is -2.27. The molecular formula is C29H36F2N2. The molecule has 0 unspecified atom stereocenters. The molecule has 1 fully saturated rings. The van der Waals surface area contributed by atoms with Crippen LogP contribution in [0, 0.1) is 18.6 Å². The van der Waals surface area contributed by atoms with Crippen molar-refractivity contribution >= 4 is 10.9 Å². The van der Waals surface area contributed by atoms with Gasteiger partial charge in [-0.1, -0.05) is 36.6 Å². The van der Waals surface area contributed by atoms with Gasteiger partial charge in [0.05, 0.1) is 5.52 Å². The molecule has 0 bridgehead atoms. The van der Waals surface area contributed by atoms with Crippen LogP contribution in [0.4, 0.5) is 8.78 Å². The molecule has 0 aliphatic heterocycles. The van der Waals surface area contributed by atoms with Crippen molar-refractivity contribution < 1.29 is 8.78 Å². The quantitative estimate of drug-likeness (QED) is 0.378. The predicted molar refractivity (Wildman–Crippen MR) is 138 cm³/mol. The number of H-pyrrole nitrogens is 1. The van der Waals surface area contributed by atoms with Crippen LogP contribution >= 0.6 is 0 Å². The van der Waals surface area contributed by atoms with Gasteiger partial charge in [-0.25, -0.2) is 8.78 Å². The van der Waals surface area contributed by atoms with Gasteiger partial charge in [-0.3, -0.25) is 0 Å². The Morgan fingerprint density at radius 2 is 1.64 bits per heavy atom. The summed E-state index contributed by atoms with van der Waals surface area (Å²) in [5.41, 5.74) is 11.4. The molecule has 2 nitrogen and oxygen atoms in total. The van der Waals surface area contributed by atoms with Gasteiger partial charge in [0.2, 0.25) is 0 Å². The van der Waals surface area contributed by atoms with E-state index in [0.717, 1.165) is 22.2 Å². The van der Waals surface area contributed by atoms with Crippen molar-refractivity contribution in [1.29, 1.82) is 0 Å². The van der Waals surface area contributed by atoms with E-state index < -0.39 is 0 Å². The number of fused-ring (bicyclic) bond motifs is 1. The standard InChI is InChI=1S/C15H11F2N.C8H12.C4H9N.C2H4/c1-9-6-11-8-14(18-15(11)13(17)7-9)10-2-4-12(16)5-3-10;1-3-8-5-4-7(2)6-8;5-4-2-1-3-4;1-2/h2-8,18H,1H3;4-5H,3,6H2,1-2H3;4H,1-3,5H2;1-2H2. The number of hydrogen-bond acceptors (Lipinski definition) is 1. The lowest BCUT2D eigenvalue weighted by molar-refractivity contribution is 0.418. The molecule has 0 radical (unpaired) electrons. The number of aromatic nitrogens is 1. The second-order valence-corrected chi connectivity index (χ2v) is 8.46. The summed E-state index contributed by atoms with van der Waals surface area (Å²) >= 11 is 0. The Labute approximate surface area is 196 Å². The van der Waals surface area contributed by atoms with Crippen LogP contribution in [0.2, 0.25) is 0 Å². The van der Waals surface area contributed by atoms with Crippen LogP contribution in [0.25, 0.3) is 22.2 Å². The molecule has 0 amide bonds. The van der Waals surface area contributed by atoms with Crippen molar-refractivity contribution in [2.45, 2.75) is 58.9 Å². The van der Waals surface area contributed by atoms with Gasteiger partial charge in [-0.2, -0.15) is 0 Å². The van der Waals surface area contributed by atoms with Gasteiger partial charge in [-0.05, 0) is 93.1 Å². The second-order valence-electron chi connectivity index (χ2n) is 8.46. The number of nitrogens with one attached hydrogen (secondary N) is 1. The number of hydrogen-bond donors (Lipinski definition) is 2. The molecule has 5 rings (SSSR count). The highest BCUT2D eigenvalue weighted by atomic mass is 19.1. The monoisotopic (exact) mass is 450 g/mol. The molecule has 0 spiro atoms. The van der Waals surface area contributed by atoms with Crippen molar-refractivity contribution in [2.24, 2.45) is 5.73 Å². The summed E-state index contributed by atoms with van der Waals surface area (Å²) in [6.45, 7) is 12.2. The average Bonchev–Trinajstić information content (AvgIpc) is 3.41. The van der Waals surface area contributed by atoms with E-state index in [1.807, 2.05) is 19.1 Å². The zero-order chi connectivity index (χ0) is 24.4. The van der Waals surface area contributed by atoms with E-state index in [1.165, 1.54) is 55.9 Å². The topological polar surface area (TPSA) is 41.8 Å². The summed E-state index contributed by atoms with van der Waals surface area (Å²) in [6, 6.07) is 12.0. The molecule has 1 aromatic heterocycles. The first-order valence-electron chi connectivity index (χ1n) is 11.5. The SMILES string of the molecule is C=C.CCC1=CC=C(C)C1.Cc1cc(F)c2[nH]c(-c3ccc(F)cc3)cc2c1.NC1CCC1. The van der Waals surface area contributed by atoms with Crippen LogP contribution in [0.15, 0.2) is 78.9 Å². The first-order chi connectivity index (χ1) is 15.9. The Morgan fingerprint density at radius 1 is 1.00 bits per heavy atom. The normalized spacial score (nSPS) is 14.5. The summed E-state index contributed by atoms with van der Waals surface area (Å²) in [7, 11) is 0. The number of allylic oxidation sites excluding steroid dienone is 4. The summed E-state index contributed by atoms with van der Waals surface area (Å²) < 4.78 is 26.6. The van der Waals surface area contributed by atoms with Crippen molar-refractivity contribution in [3.05, 3.63) is 96.1 Å². The lowest BCUT2D eigenvalue weighted by Gasteiger charge is -2.18. The van der Waals surface area contributed by atoms with Crippen LogP contribution in [0.1, 0.15) is 51.5 Å². The van der Waals surface area contributed by atoms with Crippen molar-refractivity contribution in [1.82, 2.24) is 4.98 Å². The van der Waals surface area contributed by atoms with Gasteiger partial charge in [0.15, 0.2) is 0 Å². The van der Waals surface area contributed by atoms with Crippen LogP contribution in [0.5, 0.6) is 0 Å². The fourth-order valence-electron chi connectivity index (χ4n) is 3.54. The van der Waals surface area contributed by atoms with E-state index in [0.29, 0.717) is 11.6 Å². The van der Waals surface area contributed by atoms with Gasteiger partial charge in [-0.15, -0.1) is 13.2 Å². The minimum absolute atomic E-state index is 0.265. The number of benzene rings is 2. The molecule has 3 N–H and O–H groups in total. The van der Waals surface area contributed by atoms with Crippen LogP contribution < -0.4 is 5.73 Å². The maximum atomic E-state index is 13.7. The van der Waals surface area contributed by atoms with Gasteiger partial charge in [0, 0.05) is 17.1 Å². The number of halogens is 2. The van der Waals surface area contributed by atoms with Gasteiger partial charge >= 0.3 is 0 Å². The van der Waals surface area contributed by atoms with Gasteiger partial charge in [0.1, 0.15) is 11.6 Å².